The number of hydrogen-bond acceptors (Lipinski definition) is 3. The summed E-state index contributed by atoms with van der Waals surface area (Å²) in [5, 5.41) is 10.1. The first-order valence-corrected chi connectivity index (χ1v) is 4.18. The topological polar surface area (TPSA) is 107 Å². The predicted octanol–water partition coefficient (Wildman–Crippen LogP) is -1.20. The average molecular weight is 170 g/mol. The van der Waals surface area contributed by atoms with Gasteiger partial charge in [-0.3, -0.25) is 14.7 Å². The van der Waals surface area contributed by atoms with Crippen LogP contribution in [-0.2, 0) is 9.36 Å². The summed E-state index contributed by atoms with van der Waals surface area (Å²) in [4.78, 5) is 26.1. The highest BCUT2D eigenvalue weighted by Gasteiger charge is 2.11. The highest BCUT2D eigenvalue weighted by molar-refractivity contribution is 7.51. The van der Waals surface area contributed by atoms with E-state index in [1.807, 2.05) is 0 Å². The van der Waals surface area contributed by atoms with Crippen molar-refractivity contribution in [3.63, 3.8) is 0 Å². The summed E-state index contributed by atoms with van der Waals surface area (Å²) in [7, 11) is -4.10. The Morgan fingerprint density at radius 1 is 1.50 bits per heavy atom. The number of carbonyl (C=O) groups is 1. The highest BCUT2D eigenvalue weighted by Crippen LogP contribution is 2.31. The molecule has 0 aliphatic heterocycles. The molecule has 0 saturated heterocycles. The minimum atomic E-state index is -4.10. The van der Waals surface area contributed by atoms with Gasteiger partial charge in [-0.25, -0.2) is 0 Å². The van der Waals surface area contributed by atoms with Gasteiger partial charge in [0.2, 0.25) is 0 Å². The lowest BCUT2D eigenvalue weighted by Crippen LogP contribution is -2.23. The molecular formula is C3H8NO5P. The molecule has 0 bridgehead atoms. The molecule has 10 heavy (non-hydrogen) atoms. The Morgan fingerprint density at radius 2 is 2.00 bits per heavy atom. The summed E-state index contributed by atoms with van der Waals surface area (Å²) in [5.74, 6) is -1.14. The molecule has 0 rings (SSSR count). The quantitative estimate of drug-likeness (QED) is 0.311. The molecule has 0 spiro atoms. The first-order valence-electron chi connectivity index (χ1n) is 2.39. The van der Waals surface area contributed by atoms with Gasteiger partial charge in [-0.15, -0.1) is 0 Å². The van der Waals surface area contributed by atoms with E-state index in [-0.39, 0.29) is 0 Å². The summed E-state index contributed by atoms with van der Waals surface area (Å²) in [6, 6.07) is 0. The fourth-order valence-corrected chi connectivity index (χ4v) is 0.712. The van der Waals surface area contributed by atoms with E-state index in [9.17, 15) is 9.36 Å². The Bertz CT molecular complexity index is 162. The van der Waals surface area contributed by atoms with Crippen LogP contribution in [0.15, 0.2) is 0 Å². The summed E-state index contributed by atoms with van der Waals surface area (Å²) in [6.07, 6.45) is -0.598. The molecule has 7 heteroatoms. The van der Waals surface area contributed by atoms with Gasteiger partial charge in [-0.1, -0.05) is 0 Å². The third-order valence-electron chi connectivity index (χ3n) is 0.594. The second kappa shape index (κ2) is 3.68. The molecule has 0 aromatic rings. The van der Waals surface area contributed by atoms with Crippen LogP contribution in [0.3, 0.4) is 0 Å². The second-order valence-corrected chi connectivity index (χ2v) is 3.29. The van der Waals surface area contributed by atoms with Crippen LogP contribution < -0.4 is 5.32 Å². The van der Waals surface area contributed by atoms with Crippen LogP contribution in [0.4, 0.5) is 0 Å². The summed E-state index contributed by atoms with van der Waals surface area (Å²) in [6.45, 7) is -0.439. The SMILES string of the molecule is O=C(O)CN[13CH2]P(=O)(O)O. The van der Waals surface area contributed by atoms with E-state index < -0.39 is 26.4 Å². The van der Waals surface area contributed by atoms with Gasteiger partial charge >= 0.3 is 13.6 Å². The zero-order valence-electron chi connectivity index (χ0n) is 5.02. The number of carboxylic acids is 1. The largest absolute Gasteiger partial charge is 0.480 e. The van der Waals surface area contributed by atoms with Gasteiger partial charge in [0, 0.05) is 0 Å². The van der Waals surface area contributed by atoms with Crippen molar-refractivity contribution in [1.29, 1.82) is 0 Å². The van der Waals surface area contributed by atoms with Crippen LogP contribution in [-0.4, -0.2) is 33.7 Å². The van der Waals surface area contributed by atoms with E-state index in [2.05, 4.69) is 5.32 Å². The fourth-order valence-electron chi connectivity index (χ4n) is 0.308. The van der Waals surface area contributed by atoms with Crippen LogP contribution in [0.2, 0.25) is 0 Å². The second-order valence-electron chi connectivity index (χ2n) is 1.64. The lowest BCUT2D eigenvalue weighted by Gasteiger charge is -2.02. The predicted molar refractivity (Wildman–Crippen MR) is 32.5 cm³/mol. The molecule has 60 valence electrons. The Balaban J connectivity index is 3.39. The van der Waals surface area contributed by atoms with Crippen molar-refractivity contribution in [3.05, 3.63) is 0 Å². The lowest BCUT2D eigenvalue weighted by atomic mass is 10.7. The van der Waals surface area contributed by atoms with Crippen molar-refractivity contribution >= 4 is 13.6 Å². The van der Waals surface area contributed by atoms with Gasteiger partial charge in [-0.2, -0.15) is 0 Å². The van der Waals surface area contributed by atoms with Crippen molar-refractivity contribution in [1.82, 2.24) is 5.32 Å². The van der Waals surface area contributed by atoms with Crippen molar-refractivity contribution in [3.8, 4) is 0 Å². The van der Waals surface area contributed by atoms with Crippen molar-refractivity contribution in [2.24, 2.45) is 0 Å². The number of carboxylic acid groups (broad SMARTS) is 1. The standard InChI is InChI=1S/C3H8NO5P/c5-3(6)1-4-2-10(7,8)9/h4H,1-2H2,(H,5,6)(H2,7,8,9)/i2+1. The number of rotatable bonds is 4. The smallest absolute Gasteiger partial charge is 0.339 e. The lowest BCUT2D eigenvalue weighted by molar-refractivity contribution is -0.135. The molecule has 0 fully saturated rings. The molecule has 0 aromatic heterocycles. The molecule has 0 atom stereocenters. The molecule has 0 unspecified atom stereocenters. The van der Waals surface area contributed by atoms with Crippen molar-refractivity contribution in [2.75, 3.05) is 12.8 Å². The van der Waals surface area contributed by atoms with Gasteiger partial charge in [0.1, 0.15) is 0 Å². The molecule has 0 heterocycles. The molecule has 0 radical (unpaired) electrons. The third-order valence-corrected chi connectivity index (χ3v) is 1.23. The summed E-state index contributed by atoms with van der Waals surface area (Å²) < 4.78 is 10.1. The fraction of sp³-hybridized carbons (Fsp3) is 0.667. The minimum Gasteiger partial charge on any atom is -0.480 e. The maximum absolute atomic E-state index is 10.1. The van der Waals surface area contributed by atoms with E-state index in [1.165, 1.54) is 0 Å². The normalized spacial score (nSPS) is 11.4. The molecule has 0 saturated carbocycles. The first kappa shape index (κ1) is 9.58. The maximum Gasteiger partial charge on any atom is 0.339 e. The first-order chi connectivity index (χ1) is 4.42. The molecular weight excluding hydrogens is 162 g/mol. The van der Waals surface area contributed by atoms with Gasteiger partial charge in [0.05, 0.1) is 12.8 Å². The van der Waals surface area contributed by atoms with Gasteiger partial charge in [0.15, 0.2) is 0 Å². The van der Waals surface area contributed by atoms with E-state index in [4.69, 9.17) is 14.9 Å². The third kappa shape index (κ3) is 7.58. The molecule has 0 aromatic carbocycles. The van der Waals surface area contributed by atoms with E-state index in [0.29, 0.717) is 0 Å². The van der Waals surface area contributed by atoms with Crippen molar-refractivity contribution < 1.29 is 24.3 Å². The average Bonchev–Trinajstić information content (AvgIpc) is 1.59. The molecule has 4 N–H and O–H groups in total. The Kier molecular flexibility index (Phi) is 3.52. The summed E-state index contributed by atoms with van der Waals surface area (Å²) in [5.41, 5.74) is 0. The zero-order valence-corrected chi connectivity index (χ0v) is 5.91. The molecule has 6 nitrogen and oxygen atoms in total. The van der Waals surface area contributed by atoms with Gasteiger partial charge < -0.3 is 14.9 Å². The van der Waals surface area contributed by atoms with Crippen molar-refractivity contribution in [2.45, 2.75) is 0 Å². The van der Waals surface area contributed by atoms with Gasteiger partial charge in [-0.05, 0) is 0 Å². The van der Waals surface area contributed by atoms with Crippen LogP contribution >= 0.6 is 7.60 Å². The highest BCUT2D eigenvalue weighted by atomic mass is 31.2. The summed E-state index contributed by atoms with van der Waals surface area (Å²) >= 11 is 0. The molecule has 0 aliphatic carbocycles. The number of hydrogen-bond donors (Lipinski definition) is 4. The maximum atomic E-state index is 10.1. The van der Waals surface area contributed by atoms with E-state index in [1.54, 1.807) is 0 Å². The number of nitrogens with one attached hydrogen (secondary N) is 1. The Morgan fingerprint density at radius 3 is 2.30 bits per heavy atom. The van der Waals surface area contributed by atoms with E-state index >= 15 is 0 Å². The van der Waals surface area contributed by atoms with Crippen LogP contribution in [0.5, 0.6) is 0 Å². The van der Waals surface area contributed by atoms with Crippen LogP contribution in [0, 0.1) is 0 Å². The Labute approximate surface area is 57.0 Å². The Hall–Kier alpha value is -0.420. The van der Waals surface area contributed by atoms with Crippen LogP contribution in [0.1, 0.15) is 0 Å². The van der Waals surface area contributed by atoms with Crippen LogP contribution in [0.25, 0.3) is 0 Å². The van der Waals surface area contributed by atoms with E-state index in [0.717, 1.165) is 0 Å². The zero-order chi connectivity index (χ0) is 8.20. The monoisotopic (exact) mass is 170 g/mol. The molecule has 0 aliphatic rings. The number of aliphatic carboxylic acids is 1. The molecule has 0 amide bonds. The minimum absolute atomic E-state index is 0.439. The van der Waals surface area contributed by atoms with Gasteiger partial charge in [0.25, 0.3) is 0 Å².